The van der Waals surface area contributed by atoms with Gasteiger partial charge in [0.1, 0.15) is 6.07 Å². The Morgan fingerprint density at radius 1 is 1.40 bits per heavy atom. The molecule has 1 rings (SSSR count). The molecule has 15 heavy (non-hydrogen) atoms. The van der Waals surface area contributed by atoms with E-state index in [1.807, 2.05) is 6.07 Å². The Labute approximate surface area is 93.5 Å². The van der Waals surface area contributed by atoms with Crippen LogP contribution in [-0.4, -0.2) is 20.8 Å². The van der Waals surface area contributed by atoms with Gasteiger partial charge in [-0.15, -0.1) is 11.6 Å². The predicted molar refractivity (Wildman–Crippen MR) is 57.1 cm³/mol. The van der Waals surface area contributed by atoms with Gasteiger partial charge in [0.25, 0.3) is 0 Å². The molecule has 0 fully saturated rings. The summed E-state index contributed by atoms with van der Waals surface area (Å²) < 4.78 is 25.6. The summed E-state index contributed by atoms with van der Waals surface area (Å²) in [5, 5.41) is 8.74. The maximum absolute atomic E-state index is 11.6. The Morgan fingerprint density at radius 2 is 2.07 bits per heavy atom. The second-order valence-electron chi connectivity index (χ2n) is 2.69. The SMILES string of the molecule is N#Cc1ccccc1S(=O)(=O)NCCCl. The Hall–Kier alpha value is -1.09. The quantitative estimate of drug-likeness (QED) is 0.806. The van der Waals surface area contributed by atoms with Gasteiger partial charge < -0.3 is 0 Å². The van der Waals surface area contributed by atoms with E-state index in [0.29, 0.717) is 0 Å². The number of nitrogens with one attached hydrogen (secondary N) is 1. The fourth-order valence-electron chi connectivity index (χ4n) is 1.04. The number of sulfonamides is 1. The average molecular weight is 245 g/mol. The second kappa shape index (κ2) is 5.12. The molecular formula is C9H9ClN2O2S. The highest BCUT2D eigenvalue weighted by atomic mass is 35.5. The highest BCUT2D eigenvalue weighted by Crippen LogP contribution is 2.13. The predicted octanol–water partition coefficient (Wildman–Crippen LogP) is 1.08. The molecule has 4 nitrogen and oxygen atoms in total. The molecule has 0 saturated carbocycles. The van der Waals surface area contributed by atoms with E-state index in [-0.39, 0.29) is 22.9 Å². The first-order valence-corrected chi connectivity index (χ1v) is 6.18. The van der Waals surface area contributed by atoms with Crippen LogP contribution >= 0.6 is 11.6 Å². The molecule has 1 aromatic rings. The van der Waals surface area contributed by atoms with Crippen LogP contribution in [-0.2, 0) is 10.0 Å². The first-order valence-electron chi connectivity index (χ1n) is 4.16. The number of nitriles is 1. The number of halogens is 1. The van der Waals surface area contributed by atoms with Crippen molar-refractivity contribution < 1.29 is 8.42 Å². The lowest BCUT2D eigenvalue weighted by atomic mass is 10.2. The molecule has 0 amide bonds. The molecular weight excluding hydrogens is 236 g/mol. The molecule has 0 saturated heterocycles. The Morgan fingerprint density at radius 3 is 2.67 bits per heavy atom. The van der Waals surface area contributed by atoms with Gasteiger partial charge in [-0.3, -0.25) is 0 Å². The Kier molecular flexibility index (Phi) is 4.09. The van der Waals surface area contributed by atoms with Crippen molar-refractivity contribution in [2.75, 3.05) is 12.4 Å². The van der Waals surface area contributed by atoms with Crippen molar-refractivity contribution in [2.24, 2.45) is 0 Å². The van der Waals surface area contributed by atoms with E-state index in [0.717, 1.165) is 0 Å². The molecule has 0 aliphatic rings. The largest absolute Gasteiger partial charge is 0.241 e. The fraction of sp³-hybridized carbons (Fsp3) is 0.222. The van der Waals surface area contributed by atoms with Gasteiger partial charge in [-0.2, -0.15) is 5.26 Å². The highest BCUT2D eigenvalue weighted by molar-refractivity contribution is 7.89. The van der Waals surface area contributed by atoms with E-state index in [2.05, 4.69) is 4.72 Å². The third kappa shape index (κ3) is 2.93. The van der Waals surface area contributed by atoms with Gasteiger partial charge in [0.2, 0.25) is 10.0 Å². The monoisotopic (exact) mass is 244 g/mol. The van der Waals surface area contributed by atoms with Crippen LogP contribution < -0.4 is 4.72 Å². The first-order chi connectivity index (χ1) is 7.11. The lowest BCUT2D eigenvalue weighted by Gasteiger charge is -2.05. The zero-order chi connectivity index (χ0) is 11.3. The van der Waals surface area contributed by atoms with Gasteiger partial charge in [0.05, 0.1) is 10.5 Å². The van der Waals surface area contributed by atoms with Crippen molar-refractivity contribution in [3.63, 3.8) is 0 Å². The van der Waals surface area contributed by atoms with Crippen molar-refractivity contribution in [3.05, 3.63) is 29.8 Å². The number of rotatable bonds is 4. The molecule has 0 aliphatic heterocycles. The van der Waals surface area contributed by atoms with Crippen LogP contribution in [0.5, 0.6) is 0 Å². The topological polar surface area (TPSA) is 70.0 Å². The van der Waals surface area contributed by atoms with Gasteiger partial charge in [-0.1, -0.05) is 12.1 Å². The Bertz CT molecular complexity index is 479. The van der Waals surface area contributed by atoms with Crippen molar-refractivity contribution in [3.8, 4) is 6.07 Å². The van der Waals surface area contributed by atoms with Crippen molar-refractivity contribution in [1.29, 1.82) is 5.26 Å². The maximum atomic E-state index is 11.6. The molecule has 0 atom stereocenters. The van der Waals surface area contributed by atoms with E-state index >= 15 is 0 Å². The summed E-state index contributed by atoms with van der Waals surface area (Å²) in [6, 6.07) is 7.84. The van der Waals surface area contributed by atoms with Crippen molar-refractivity contribution in [1.82, 2.24) is 4.72 Å². The number of hydrogen-bond acceptors (Lipinski definition) is 3. The van der Waals surface area contributed by atoms with Crippen LogP contribution in [0.25, 0.3) is 0 Å². The van der Waals surface area contributed by atoms with Gasteiger partial charge in [0, 0.05) is 12.4 Å². The number of alkyl halides is 1. The average Bonchev–Trinajstić information content (AvgIpc) is 2.26. The van der Waals surface area contributed by atoms with Gasteiger partial charge in [-0.25, -0.2) is 13.1 Å². The van der Waals surface area contributed by atoms with Crippen molar-refractivity contribution in [2.45, 2.75) is 4.90 Å². The molecule has 0 aliphatic carbocycles. The molecule has 0 unspecified atom stereocenters. The van der Waals surface area contributed by atoms with Gasteiger partial charge >= 0.3 is 0 Å². The lowest BCUT2D eigenvalue weighted by molar-refractivity contribution is 0.584. The standard InChI is InChI=1S/C9H9ClN2O2S/c10-5-6-12-15(13,14)9-4-2-1-3-8(9)7-11/h1-4,12H,5-6H2. The minimum absolute atomic E-state index is 0.0161. The zero-order valence-corrected chi connectivity index (χ0v) is 9.35. The Balaban J connectivity index is 3.11. The van der Waals surface area contributed by atoms with Crippen LogP contribution in [0.3, 0.4) is 0 Å². The molecule has 0 bridgehead atoms. The normalized spacial score (nSPS) is 10.9. The summed E-state index contributed by atoms with van der Waals surface area (Å²) in [6.45, 7) is 0.143. The number of nitrogens with zero attached hydrogens (tertiary/aromatic N) is 1. The summed E-state index contributed by atoms with van der Waals surface area (Å²) >= 11 is 5.38. The van der Waals surface area contributed by atoms with Crippen LogP contribution in [0, 0.1) is 11.3 Å². The number of hydrogen-bond donors (Lipinski definition) is 1. The zero-order valence-electron chi connectivity index (χ0n) is 7.77. The first kappa shape index (κ1) is 12.0. The summed E-state index contributed by atoms with van der Waals surface area (Å²) in [7, 11) is -3.62. The summed E-state index contributed by atoms with van der Waals surface area (Å²) in [4.78, 5) is -0.0161. The summed E-state index contributed by atoms with van der Waals surface area (Å²) in [6.07, 6.45) is 0. The molecule has 1 aromatic carbocycles. The highest BCUT2D eigenvalue weighted by Gasteiger charge is 2.16. The third-order valence-electron chi connectivity index (χ3n) is 1.68. The minimum atomic E-state index is -3.62. The van der Waals surface area contributed by atoms with Crippen LogP contribution in [0.4, 0.5) is 0 Å². The minimum Gasteiger partial charge on any atom is -0.210 e. The van der Waals surface area contributed by atoms with E-state index < -0.39 is 10.0 Å². The lowest BCUT2D eigenvalue weighted by Crippen LogP contribution is -2.26. The third-order valence-corrected chi connectivity index (χ3v) is 3.39. The molecule has 80 valence electrons. The smallest absolute Gasteiger partial charge is 0.210 e. The molecule has 0 heterocycles. The fourth-order valence-corrected chi connectivity index (χ4v) is 2.44. The van der Waals surface area contributed by atoms with E-state index in [1.54, 1.807) is 12.1 Å². The molecule has 6 heteroatoms. The van der Waals surface area contributed by atoms with Gasteiger partial charge in [0.15, 0.2) is 0 Å². The van der Waals surface area contributed by atoms with Crippen LogP contribution in [0.15, 0.2) is 29.2 Å². The van der Waals surface area contributed by atoms with Crippen molar-refractivity contribution >= 4 is 21.6 Å². The molecule has 1 N–H and O–H groups in total. The summed E-state index contributed by atoms with van der Waals surface area (Å²) in [5.41, 5.74) is 0.125. The molecule has 0 spiro atoms. The van der Waals surface area contributed by atoms with E-state index in [1.165, 1.54) is 12.1 Å². The van der Waals surface area contributed by atoms with E-state index in [9.17, 15) is 8.42 Å². The van der Waals surface area contributed by atoms with E-state index in [4.69, 9.17) is 16.9 Å². The second-order valence-corrected chi connectivity index (χ2v) is 4.81. The number of benzene rings is 1. The molecule has 0 aromatic heterocycles. The van der Waals surface area contributed by atoms with Crippen LogP contribution in [0.2, 0.25) is 0 Å². The maximum Gasteiger partial charge on any atom is 0.241 e. The molecule has 0 radical (unpaired) electrons. The van der Waals surface area contributed by atoms with Gasteiger partial charge in [-0.05, 0) is 12.1 Å². The summed E-state index contributed by atoms with van der Waals surface area (Å²) in [5.74, 6) is 0.188. The van der Waals surface area contributed by atoms with Crippen LogP contribution in [0.1, 0.15) is 5.56 Å².